The summed E-state index contributed by atoms with van der Waals surface area (Å²) < 4.78 is 5.63. The topological polar surface area (TPSA) is 35.2 Å². The van der Waals surface area contributed by atoms with Crippen LogP contribution in [0.25, 0.3) is 0 Å². The largest absolute Gasteiger partial charge is 0.493 e. The number of nitrogens with two attached hydrogens (primary N) is 1. The van der Waals surface area contributed by atoms with Gasteiger partial charge < -0.3 is 10.5 Å². The lowest BCUT2D eigenvalue weighted by Crippen LogP contribution is -2.11. The molecule has 2 N–H and O–H groups in total. The van der Waals surface area contributed by atoms with E-state index in [0.29, 0.717) is 0 Å². The summed E-state index contributed by atoms with van der Waals surface area (Å²) in [7, 11) is 0. The predicted octanol–water partition coefficient (Wildman–Crippen LogP) is 2.89. The van der Waals surface area contributed by atoms with Crippen molar-refractivity contribution in [2.45, 2.75) is 32.7 Å². The lowest BCUT2D eigenvalue weighted by Gasteiger charge is -2.15. The van der Waals surface area contributed by atoms with Crippen LogP contribution in [0, 0.1) is 0 Å². The molecule has 0 radical (unpaired) electrons. The Morgan fingerprint density at radius 2 is 2.00 bits per heavy atom. The summed E-state index contributed by atoms with van der Waals surface area (Å²) in [6, 6.07) is 8.10. The van der Waals surface area contributed by atoms with Crippen LogP contribution in [-0.4, -0.2) is 6.61 Å². The Labute approximate surface area is 86.1 Å². The second-order valence-corrected chi connectivity index (χ2v) is 3.40. The molecule has 0 aliphatic heterocycles. The molecule has 0 unspecified atom stereocenters. The van der Waals surface area contributed by atoms with E-state index in [0.717, 1.165) is 30.8 Å². The number of hydrogen-bond acceptors (Lipinski definition) is 2. The molecule has 0 aliphatic carbocycles. The lowest BCUT2D eigenvalue weighted by atomic mass is 10.0. The summed E-state index contributed by atoms with van der Waals surface area (Å²) in [6.07, 6.45) is 1.96. The molecular formula is C12H19NO. The molecule has 0 fully saturated rings. The molecule has 1 atom stereocenters. The first-order valence-corrected chi connectivity index (χ1v) is 5.26. The maximum absolute atomic E-state index is 5.99. The second kappa shape index (κ2) is 5.66. The second-order valence-electron chi connectivity index (χ2n) is 3.40. The maximum atomic E-state index is 5.99. The van der Waals surface area contributed by atoms with E-state index in [1.54, 1.807) is 0 Å². The fourth-order valence-electron chi connectivity index (χ4n) is 1.35. The van der Waals surface area contributed by atoms with Crippen LogP contribution in [0.3, 0.4) is 0 Å². The Morgan fingerprint density at radius 1 is 1.29 bits per heavy atom. The summed E-state index contributed by atoms with van der Waals surface area (Å²) in [5, 5.41) is 0. The maximum Gasteiger partial charge on any atom is 0.124 e. The van der Waals surface area contributed by atoms with E-state index in [1.807, 2.05) is 24.3 Å². The van der Waals surface area contributed by atoms with Crippen LogP contribution in [0.15, 0.2) is 24.3 Å². The van der Waals surface area contributed by atoms with Crippen molar-refractivity contribution in [3.05, 3.63) is 29.8 Å². The molecule has 2 nitrogen and oxygen atoms in total. The fourth-order valence-corrected chi connectivity index (χ4v) is 1.35. The molecule has 0 heterocycles. The van der Waals surface area contributed by atoms with Gasteiger partial charge >= 0.3 is 0 Å². The Hall–Kier alpha value is -1.02. The zero-order valence-corrected chi connectivity index (χ0v) is 8.99. The van der Waals surface area contributed by atoms with E-state index < -0.39 is 0 Å². The van der Waals surface area contributed by atoms with E-state index in [-0.39, 0.29) is 6.04 Å². The van der Waals surface area contributed by atoms with Crippen molar-refractivity contribution >= 4 is 0 Å². The molecule has 0 aliphatic rings. The molecule has 14 heavy (non-hydrogen) atoms. The number of benzene rings is 1. The van der Waals surface area contributed by atoms with Crippen molar-refractivity contribution in [2.24, 2.45) is 5.73 Å². The average Bonchev–Trinajstić information content (AvgIpc) is 2.25. The molecule has 0 amide bonds. The van der Waals surface area contributed by atoms with Gasteiger partial charge in [0, 0.05) is 11.6 Å². The summed E-state index contributed by atoms with van der Waals surface area (Å²) >= 11 is 0. The molecule has 1 rings (SSSR count). The molecule has 2 heteroatoms. The molecule has 78 valence electrons. The van der Waals surface area contributed by atoms with Crippen LogP contribution in [0.5, 0.6) is 5.75 Å². The highest BCUT2D eigenvalue weighted by atomic mass is 16.5. The highest BCUT2D eigenvalue weighted by Crippen LogP contribution is 2.25. The minimum absolute atomic E-state index is 0.0862. The monoisotopic (exact) mass is 193 g/mol. The minimum Gasteiger partial charge on any atom is -0.493 e. The zero-order chi connectivity index (χ0) is 10.4. The van der Waals surface area contributed by atoms with Crippen molar-refractivity contribution in [2.75, 3.05) is 6.61 Å². The van der Waals surface area contributed by atoms with Gasteiger partial charge in [0.25, 0.3) is 0 Å². The number of para-hydroxylation sites is 1. The Kier molecular flexibility index (Phi) is 4.47. The molecular weight excluding hydrogens is 174 g/mol. The third-order valence-corrected chi connectivity index (χ3v) is 2.22. The van der Waals surface area contributed by atoms with Gasteiger partial charge in [-0.2, -0.15) is 0 Å². The molecule has 0 saturated heterocycles. The predicted molar refractivity (Wildman–Crippen MR) is 59.4 cm³/mol. The van der Waals surface area contributed by atoms with Gasteiger partial charge in [0.1, 0.15) is 5.75 Å². The normalized spacial score (nSPS) is 12.5. The molecule has 1 aromatic rings. The summed E-state index contributed by atoms with van der Waals surface area (Å²) in [6.45, 7) is 4.94. The molecule has 0 bridgehead atoms. The summed E-state index contributed by atoms with van der Waals surface area (Å²) in [5.41, 5.74) is 7.10. The number of rotatable bonds is 5. The molecule has 0 spiro atoms. The highest BCUT2D eigenvalue weighted by molar-refractivity contribution is 5.35. The van der Waals surface area contributed by atoms with Crippen LogP contribution in [0.2, 0.25) is 0 Å². The lowest BCUT2D eigenvalue weighted by molar-refractivity contribution is 0.312. The van der Waals surface area contributed by atoms with E-state index in [9.17, 15) is 0 Å². The van der Waals surface area contributed by atoms with Gasteiger partial charge in [-0.05, 0) is 18.9 Å². The molecule has 1 aromatic carbocycles. The van der Waals surface area contributed by atoms with Crippen molar-refractivity contribution in [3.63, 3.8) is 0 Å². The summed E-state index contributed by atoms with van der Waals surface area (Å²) in [5.74, 6) is 0.934. The van der Waals surface area contributed by atoms with Crippen molar-refractivity contribution < 1.29 is 4.74 Å². The van der Waals surface area contributed by atoms with Gasteiger partial charge in [0.2, 0.25) is 0 Å². The SMILES string of the molecule is CCCOc1ccccc1[C@@H](N)CC. The first kappa shape index (κ1) is 11.1. The summed E-state index contributed by atoms with van der Waals surface area (Å²) in [4.78, 5) is 0. The first-order chi connectivity index (χ1) is 6.79. The van der Waals surface area contributed by atoms with Gasteiger partial charge in [0.05, 0.1) is 6.61 Å². The highest BCUT2D eigenvalue weighted by Gasteiger charge is 2.08. The van der Waals surface area contributed by atoms with E-state index in [4.69, 9.17) is 10.5 Å². The fraction of sp³-hybridized carbons (Fsp3) is 0.500. The standard InChI is InChI=1S/C12H19NO/c1-3-9-14-12-8-6-5-7-10(12)11(13)4-2/h5-8,11H,3-4,9,13H2,1-2H3/t11-/m0/s1. The van der Waals surface area contributed by atoms with Crippen molar-refractivity contribution in [3.8, 4) is 5.75 Å². The third kappa shape index (κ3) is 2.74. The molecule has 0 saturated carbocycles. The smallest absolute Gasteiger partial charge is 0.124 e. The Balaban J connectivity index is 2.79. The number of ether oxygens (including phenoxy) is 1. The van der Waals surface area contributed by atoms with Crippen LogP contribution >= 0.6 is 0 Å². The van der Waals surface area contributed by atoms with Gasteiger partial charge in [-0.15, -0.1) is 0 Å². The van der Waals surface area contributed by atoms with Crippen LogP contribution in [0.4, 0.5) is 0 Å². The Morgan fingerprint density at radius 3 is 2.64 bits per heavy atom. The van der Waals surface area contributed by atoms with Crippen LogP contribution in [-0.2, 0) is 0 Å². The minimum atomic E-state index is 0.0862. The van der Waals surface area contributed by atoms with Gasteiger partial charge in [-0.1, -0.05) is 32.0 Å². The van der Waals surface area contributed by atoms with Crippen LogP contribution < -0.4 is 10.5 Å². The average molecular weight is 193 g/mol. The van der Waals surface area contributed by atoms with E-state index in [1.165, 1.54) is 0 Å². The third-order valence-electron chi connectivity index (χ3n) is 2.22. The van der Waals surface area contributed by atoms with Gasteiger partial charge in [-0.25, -0.2) is 0 Å². The van der Waals surface area contributed by atoms with E-state index in [2.05, 4.69) is 13.8 Å². The van der Waals surface area contributed by atoms with Crippen molar-refractivity contribution in [1.82, 2.24) is 0 Å². The van der Waals surface area contributed by atoms with E-state index >= 15 is 0 Å². The Bertz CT molecular complexity index is 273. The van der Waals surface area contributed by atoms with Crippen molar-refractivity contribution in [1.29, 1.82) is 0 Å². The molecule has 0 aromatic heterocycles. The quantitative estimate of drug-likeness (QED) is 0.780. The van der Waals surface area contributed by atoms with Gasteiger partial charge in [-0.3, -0.25) is 0 Å². The van der Waals surface area contributed by atoms with Crippen LogP contribution in [0.1, 0.15) is 38.3 Å². The van der Waals surface area contributed by atoms with Gasteiger partial charge in [0.15, 0.2) is 0 Å². The zero-order valence-electron chi connectivity index (χ0n) is 8.99. The first-order valence-electron chi connectivity index (χ1n) is 5.26. The number of hydrogen-bond donors (Lipinski definition) is 1.